The van der Waals surface area contributed by atoms with Crippen LogP contribution >= 0.6 is 0 Å². The normalized spacial score (nSPS) is 17.8. The Morgan fingerprint density at radius 3 is 3.00 bits per heavy atom. The average molecular weight is 274 g/mol. The van der Waals surface area contributed by atoms with Crippen LogP contribution in [0.15, 0.2) is 18.2 Å². The van der Waals surface area contributed by atoms with Gasteiger partial charge in [-0.05, 0) is 36.7 Å². The largest absolute Gasteiger partial charge is 0.497 e. The van der Waals surface area contributed by atoms with Crippen molar-refractivity contribution in [2.75, 3.05) is 20.8 Å². The third kappa shape index (κ3) is 2.14. The van der Waals surface area contributed by atoms with E-state index in [4.69, 9.17) is 9.47 Å². The summed E-state index contributed by atoms with van der Waals surface area (Å²) < 4.78 is 10.1. The molecule has 2 heterocycles. The van der Waals surface area contributed by atoms with E-state index < -0.39 is 0 Å². The fourth-order valence-electron chi connectivity index (χ4n) is 2.84. The van der Waals surface area contributed by atoms with Crippen LogP contribution in [0, 0.1) is 0 Å². The molecule has 5 nitrogen and oxygen atoms in total. The van der Waals surface area contributed by atoms with Gasteiger partial charge < -0.3 is 19.8 Å². The Hall–Kier alpha value is -2.01. The van der Waals surface area contributed by atoms with E-state index in [9.17, 15) is 4.79 Å². The molecule has 2 N–H and O–H groups in total. The summed E-state index contributed by atoms with van der Waals surface area (Å²) in [6, 6.07) is 5.99. The number of benzene rings is 1. The van der Waals surface area contributed by atoms with Crippen molar-refractivity contribution < 1.29 is 14.3 Å². The summed E-state index contributed by atoms with van der Waals surface area (Å²) in [7, 11) is 3.09. The van der Waals surface area contributed by atoms with Crippen LogP contribution in [0.4, 0.5) is 0 Å². The maximum Gasteiger partial charge on any atom is 0.307 e. The topological polar surface area (TPSA) is 63.3 Å². The predicted octanol–water partition coefficient (Wildman–Crippen LogP) is 1.93. The average Bonchev–Trinajstić information content (AvgIpc) is 2.86. The summed E-state index contributed by atoms with van der Waals surface area (Å²) in [5, 5.41) is 4.54. The number of hydrogen-bond donors (Lipinski definition) is 2. The SMILES string of the molecule is COC(=O)CC1NCCc2c1[nH]c1ccc(OC)cc21. The summed E-state index contributed by atoms with van der Waals surface area (Å²) in [6.45, 7) is 0.860. The molecule has 1 aromatic carbocycles. The summed E-state index contributed by atoms with van der Waals surface area (Å²) in [5.74, 6) is 0.647. The molecule has 20 heavy (non-hydrogen) atoms. The highest BCUT2D eigenvalue weighted by molar-refractivity contribution is 5.87. The Labute approximate surface area is 117 Å². The second-order valence-electron chi connectivity index (χ2n) is 4.97. The van der Waals surface area contributed by atoms with Gasteiger partial charge in [0, 0.05) is 16.6 Å². The molecule has 106 valence electrons. The van der Waals surface area contributed by atoms with Crippen molar-refractivity contribution in [3.05, 3.63) is 29.5 Å². The van der Waals surface area contributed by atoms with Gasteiger partial charge in [0.1, 0.15) is 5.75 Å². The highest BCUT2D eigenvalue weighted by Crippen LogP contribution is 2.33. The van der Waals surface area contributed by atoms with E-state index in [2.05, 4.69) is 10.3 Å². The van der Waals surface area contributed by atoms with E-state index in [-0.39, 0.29) is 12.0 Å². The van der Waals surface area contributed by atoms with Crippen LogP contribution < -0.4 is 10.1 Å². The molecule has 0 radical (unpaired) electrons. The number of esters is 1. The van der Waals surface area contributed by atoms with Crippen molar-refractivity contribution in [1.82, 2.24) is 10.3 Å². The van der Waals surface area contributed by atoms with Crippen molar-refractivity contribution in [1.29, 1.82) is 0 Å². The lowest BCUT2D eigenvalue weighted by molar-refractivity contribution is -0.141. The van der Waals surface area contributed by atoms with Crippen LogP contribution in [0.2, 0.25) is 0 Å². The number of hydrogen-bond acceptors (Lipinski definition) is 4. The quantitative estimate of drug-likeness (QED) is 0.839. The lowest BCUT2D eigenvalue weighted by Crippen LogP contribution is -2.31. The Bertz CT molecular complexity index is 648. The maximum absolute atomic E-state index is 11.5. The predicted molar refractivity (Wildman–Crippen MR) is 75.9 cm³/mol. The van der Waals surface area contributed by atoms with Crippen molar-refractivity contribution in [2.45, 2.75) is 18.9 Å². The number of rotatable bonds is 3. The van der Waals surface area contributed by atoms with Gasteiger partial charge in [0.05, 0.1) is 26.7 Å². The van der Waals surface area contributed by atoms with Crippen LogP contribution in [-0.4, -0.2) is 31.7 Å². The first kappa shape index (κ1) is 13.0. The molecule has 0 saturated heterocycles. The van der Waals surface area contributed by atoms with Crippen molar-refractivity contribution in [2.24, 2.45) is 0 Å². The number of methoxy groups -OCH3 is 2. The molecular weight excluding hydrogens is 256 g/mol. The fraction of sp³-hybridized carbons (Fsp3) is 0.400. The Balaban J connectivity index is 2.03. The van der Waals surface area contributed by atoms with E-state index in [0.717, 1.165) is 29.9 Å². The molecule has 5 heteroatoms. The minimum atomic E-state index is -0.202. The van der Waals surface area contributed by atoms with E-state index in [0.29, 0.717) is 6.42 Å². The number of aromatic nitrogens is 1. The van der Waals surface area contributed by atoms with Crippen LogP contribution in [0.3, 0.4) is 0 Å². The highest BCUT2D eigenvalue weighted by atomic mass is 16.5. The minimum absolute atomic E-state index is 0.00963. The first-order chi connectivity index (χ1) is 9.72. The molecular formula is C15H18N2O3. The summed E-state index contributed by atoms with van der Waals surface area (Å²) in [4.78, 5) is 14.9. The van der Waals surface area contributed by atoms with Crippen LogP contribution in [0.5, 0.6) is 5.75 Å². The van der Waals surface area contributed by atoms with Gasteiger partial charge >= 0.3 is 5.97 Å². The first-order valence-corrected chi connectivity index (χ1v) is 6.71. The Kier molecular flexibility index (Phi) is 3.36. The number of ether oxygens (including phenoxy) is 2. The molecule has 2 aromatic rings. The molecule has 1 atom stereocenters. The molecule has 0 aliphatic carbocycles. The molecule has 0 saturated carbocycles. The number of carbonyl (C=O) groups is 1. The van der Waals surface area contributed by atoms with Crippen LogP contribution in [-0.2, 0) is 16.0 Å². The molecule has 1 aliphatic rings. The zero-order valence-corrected chi connectivity index (χ0v) is 11.7. The summed E-state index contributed by atoms with van der Waals surface area (Å²) >= 11 is 0. The molecule has 0 bridgehead atoms. The molecule has 3 rings (SSSR count). The third-order valence-electron chi connectivity index (χ3n) is 3.86. The zero-order valence-electron chi connectivity index (χ0n) is 11.7. The molecule has 0 spiro atoms. The molecule has 1 aliphatic heterocycles. The smallest absolute Gasteiger partial charge is 0.307 e. The standard InChI is InChI=1S/C15H18N2O3/c1-19-9-3-4-12-11(7-9)10-5-6-16-13(15(10)17-12)8-14(18)20-2/h3-4,7,13,16-17H,5-6,8H2,1-2H3. The van der Waals surface area contributed by atoms with Crippen molar-refractivity contribution in [3.63, 3.8) is 0 Å². The lowest BCUT2D eigenvalue weighted by Gasteiger charge is -2.23. The second kappa shape index (κ2) is 5.17. The zero-order chi connectivity index (χ0) is 14.1. The molecule has 1 unspecified atom stereocenters. The third-order valence-corrected chi connectivity index (χ3v) is 3.86. The fourth-order valence-corrected chi connectivity index (χ4v) is 2.84. The minimum Gasteiger partial charge on any atom is -0.497 e. The van der Waals surface area contributed by atoms with E-state index in [1.54, 1.807) is 7.11 Å². The molecule has 1 aromatic heterocycles. The number of fused-ring (bicyclic) bond motifs is 3. The van der Waals surface area contributed by atoms with Gasteiger partial charge in [-0.15, -0.1) is 0 Å². The monoisotopic (exact) mass is 274 g/mol. The van der Waals surface area contributed by atoms with Gasteiger partial charge in [-0.2, -0.15) is 0 Å². The number of nitrogens with one attached hydrogen (secondary N) is 2. The second-order valence-corrected chi connectivity index (χ2v) is 4.97. The van der Waals surface area contributed by atoms with Gasteiger partial charge in [0.25, 0.3) is 0 Å². The van der Waals surface area contributed by atoms with Crippen molar-refractivity contribution >= 4 is 16.9 Å². The van der Waals surface area contributed by atoms with Crippen molar-refractivity contribution in [3.8, 4) is 5.75 Å². The Morgan fingerprint density at radius 1 is 1.40 bits per heavy atom. The first-order valence-electron chi connectivity index (χ1n) is 6.71. The summed E-state index contributed by atoms with van der Waals surface area (Å²) in [5.41, 5.74) is 3.44. The molecule has 0 amide bonds. The van der Waals surface area contributed by atoms with E-state index >= 15 is 0 Å². The maximum atomic E-state index is 11.5. The van der Waals surface area contributed by atoms with E-state index in [1.165, 1.54) is 18.1 Å². The van der Waals surface area contributed by atoms with Gasteiger partial charge in [-0.3, -0.25) is 4.79 Å². The number of carbonyl (C=O) groups excluding carboxylic acids is 1. The van der Waals surface area contributed by atoms with Gasteiger partial charge in [-0.1, -0.05) is 0 Å². The highest BCUT2D eigenvalue weighted by Gasteiger charge is 2.26. The van der Waals surface area contributed by atoms with Gasteiger partial charge in [-0.25, -0.2) is 0 Å². The lowest BCUT2D eigenvalue weighted by atomic mass is 9.97. The number of H-pyrrole nitrogens is 1. The van der Waals surface area contributed by atoms with Gasteiger partial charge in [0.2, 0.25) is 0 Å². The van der Waals surface area contributed by atoms with E-state index in [1.807, 2.05) is 18.2 Å². The van der Waals surface area contributed by atoms with Gasteiger partial charge in [0.15, 0.2) is 0 Å². The molecule has 0 fully saturated rings. The number of aromatic amines is 1. The van der Waals surface area contributed by atoms with Crippen LogP contribution in [0.25, 0.3) is 10.9 Å². The Morgan fingerprint density at radius 2 is 2.25 bits per heavy atom. The summed E-state index contributed by atoms with van der Waals surface area (Å²) in [6.07, 6.45) is 1.29. The van der Waals surface area contributed by atoms with Crippen LogP contribution in [0.1, 0.15) is 23.7 Å².